The van der Waals surface area contributed by atoms with Crippen LogP contribution in [0.15, 0.2) is 29.2 Å². The zero-order valence-corrected chi connectivity index (χ0v) is 20.5. The van der Waals surface area contributed by atoms with Gasteiger partial charge in [-0.3, -0.25) is 4.55 Å². The maximum absolute atomic E-state index is 11.0. The van der Waals surface area contributed by atoms with E-state index in [1.54, 1.807) is 12.1 Å². The monoisotopic (exact) mass is 428 g/mol. The average molecular weight is 429 g/mol. The molecule has 0 atom stereocenters. The van der Waals surface area contributed by atoms with Crippen LogP contribution in [0, 0.1) is 0 Å². The fraction of sp³-hybridized carbons (Fsp3) is 0.700. The van der Waals surface area contributed by atoms with E-state index >= 15 is 0 Å². The van der Waals surface area contributed by atoms with Gasteiger partial charge in [-0.05, 0) is 30.5 Å². The molecular weight excluding hydrogens is 395 g/mol. The van der Waals surface area contributed by atoms with Gasteiger partial charge in [0.2, 0.25) is 0 Å². The molecule has 0 aliphatic heterocycles. The molecule has 0 fully saturated rings. The zero-order chi connectivity index (χ0) is 19.7. The molecule has 1 aromatic rings. The van der Waals surface area contributed by atoms with E-state index in [-0.39, 0.29) is 34.5 Å². The summed E-state index contributed by atoms with van der Waals surface area (Å²) in [5.74, 6) is 0. The molecule has 0 saturated heterocycles. The third kappa shape index (κ3) is 17.0. The fourth-order valence-corrected chi connectivity index (χ4v) is 3.48. The number of rotatable bonds is 14. The average Bonchev–Trinajstić information content (AvgIpc) is 2.64. The maximum Gasteiger partial charge on any atom is 1.00 e. The fourth-order valence-electron chi connectivity index (χ4n) is 3.00. The molecule has 27 heavy (non-hydrogen) atoms. The van der Waals surface area contributed by atoms with E-state index in [4.69, 9.17) is 9.21 Å². The van der Waals surface area contributed by atoms with Crippen molar-refractivity contribution in [2.24, 2.45) is 0 Å². The van der Waals surface area contributed by atoms with Crippen LogP contribution in [0.1, 0.15) is 89.5 Å². The van der Waals surface area contributed by atoms with Crippen LogP contribution in [-0.2, 0) is 16.5 Å². The summed E-state index contributed by atoms with van der Waals surface area (Å²) >= 11 is 3.39. The first-order valence-corrected chi connectivity index (χ1v) is 11.5. The Morgan fingerprint density at radius 1 is 0.778 bits per heavy atom. The van der Waals surface area contributed by atoms with Gasteiger partial charge in [-0.15, -0.1) is 0 Å². The van der Waals surface area contributed by atoms with E-state index in [2.05, 4.69) is 18.8 Å². The number of halogens is 1. The Morgan fingerprint density at radius 2 is 1.15 bits per heavy atom. The van der Waals surface area contributed by atoms with Crippen LogP contribution >= 0.6 is 11.9 Å². The Balaban J connectivity index is 0. The number of unbranched alkanes of at least 4 members (excludes halogenated alkanes) is 11. The molecule has 0 amide bonds. The molecular formula is C20H34ClNaO4S. The molecule has 152 valence electrons. The van der Waals surface area contributed by atoms with Crippen molar-refractivity contribution < 1.29 is 47.2 Å². The van der Waals surface area contributed by atoms with Crippen molar-refractivity contribution in [3.63, 3.8) is 0 Å². The summed E-state index contributed by atoms with van der Waals surface area (Å²) in [7, 11) is -4.07. The molecule has 0 aliphatic carbocycles. The third-order valence-corrected chi connectivity index (χ3v) is 5.41. The molecule has 0 aliphatic rings. The van der Waals surface area contributed by atoms with E-state index in [0.717, 1.165) is 18.4 Å². The van der Waals surface area contributed by atoms with Crippen LogP contribution in [0.25, 0.3) is 0 Å². The van der Waals surface area contributed by atoms with Gasteiger partial charge in [0, 0.05) is 0 Å². The standard InChI is InChI=1S/C20H34O3S.ClO.Na/c1-2-3-4-5-6-7-8-9-10-11-12-13-14-19-15-17-20(18-16-19)24(21,22)23;1-2;/h15-18H,2-14H2,1H3,(H,21,22,23);;/q;-1;+1. The normalized spacial score (nSPS) is 10.7. The molecule has 1 rings (SSSR count). The predicted octanol–water partition coefficient (Wildman–Crippen LogP) is 2.68. The Hall–Kier alpha value is 0.380. The van der Waals surface area contributed by atoms with E-state index in [1.165, 1.54) is 82.8 Å². The van der Waals surface area contributed by atoms with Crippen LogP contribution < -0.4 is 34.2 Å². The van der Waals surface area contributed by atoms with Gasteiger partial charge < -0.3 is 4.66 Å². The van der Waals surface area contributed by atoms with Gasteiger partial charge in [0.1, 0.15) is 0 Å². The summed E-state index contributed by atoms with van der Waals surface area (Å²) < 4.78 is 38.6. The van der Waals surface area contributed by atoms with Crippen molar-refractivity contribution in [3.8, 4) is 0 Å². The first-order chi connectivity index (χ1) is 12.5. The summed E-state index contributed by atoms with van der Waals surface area (Å²) in [6.07, 6.45) is 17.0. The molecule has 0 radical (unpaired) electrons. The number of hydrogen-bond acceptors (Lipinski definition) is 3. The Labute approximate surface area is 193 Å². The minimum absolute atomic E-state index is 0. The minimum atomic E-state index is -4.07. The van der Waals surface area contributed by atoms with Crippen molar-refractivity contribution in [2.45, 2.75) is 95.3 Å². The number of benzene rings is 1. The molecule has 0 spiro atoms. The van der Waals surface area contributed by atoms with Crippen LogP contribution in [0.5, 0.6) is 0 Å². The van der Waals surface area contributed by atoms with Crippen molar-refractivity contribution in [1.82, 2.24) is 0 Å². The van der Waals surface area contributed by atoms with E-state index < -0.39 is 10.1 Å². The van der Waals surface area contributed by atoms with E-state index in [9.17, 15) is 8.42 Å². The second-order valence-electron chi connectivity index (χ2n) is 6.76. The minimum Gasteiger partial charge on any atom is -0.769 e. The first kappa shape index (κ1) is 29.6. The topological polar surface area (TPSA) is 77.4 Å². The molecule has 0 saturated carbocycles. The molecule has 1 N–H and O–H groups in total. The number of aryl methyl sites for hydroxylation is 1. The summed E-state index contributed by atoms with van der Waals surface area (Å²) in [6, 6.07) is 6.54. The van der Waals surface area contributed by atoms with E-state index in [1.807, 2.05) is 0 Å². The summed E-state index contributed by atoms with van der Waals surface area (Å²) in [4.78, 5) is -0.0269. The zero-order valence-electron chi connectivity index (χ0n) is 17.0. The van der Waals surface area contributed by atoms with Gasteiger partial charge in [-0.25, -0.2) is 11.9 Å². The second kappa shape index (κ2) is 19.7. The quantitative estimate of drug-likeness (QED) is 0.281. The SMILES string of the molecule is CCCCCCCCCCCCCCc1ccc(S(=O)(=O)O)cc1.[Na+].[O-]Cl. The maximum atomic E-state index is 11.0. The summed E-state index contributed by atoms with van der Waals surface area (Å²) in [5.41, 5.74) is 1.13. The predicted molar refractivity (Wildman–Crippen MR) is 107 cm³/mol. The van der Waals surface area contributed by atoms with Crippen LogP contribution in [0.2, 0.25) is 0 Å². The summed E-state index contributed by atoms with van der Waals surface area (Å²) in [5, 5.41) is 0. The molecule has 0 heterocycles. The van der Waals surface area contributed by atoms with Gasteiger partial charge in [0.25, 0.3) is 10.1 Å². The Morgan fingerprint density at radius 3 is 1.52 bits per heavy atom. The van der Waals surface area contributed by atoms with Crippen molar-refractivity contribution >= 4 is 22.0 Å². The van der Waals surface area contributed by atoms with Gasteiger partial charge in [0.05, 0.1) is 4.90 Å². The van der Waals surface area contributed by atoms with Crippen molar-refractivity contribution in [2.75, 3.05) is 0 Å². The largest absolute Gasteiger partial charge is 1.00 e. The van der Waals surface area contributed by atoms with Gasteiger partial charge in [-0.1, -0.05) is 89.7 Å². The van der Waals surface area contributed by atoms with Gasteiger partial charge >= 0.3 is 29.6 Å². The van der Waals surface area contributed by atoms with E-state index in [0.29, 0.717) is 0 Å². The molecule has 0 bridgehead atoms. The van der Waals surface area contributed by atoms with Crippen LogP contribution in [0.3, 0.4) is 0 Å². The summed E-state index contributed by atoms with van der Waals surface area (Å²) in [6.45, 7) is 2.26. The van der Waals surface area contributed by atoms with Gasteiger partial charge in [0.15, 0.2) is 0 Å². The Kier molecular flexibility index (Phi) is 21.6. The van der Waals surface area contributed by atoms with Crippen molar-refractivity contribution in [3.05, 3.63) is 29.8 Å². The molecule has 1 aromatic carbocycles. The molecule has 7 heteroatoms. The third-order valence-electron chi connectivity index (χ3n) is 4.54. The molecule has 0 aromatic heterocycles. The number of hydrogen-bond donors (Lipinski definition) is 1. The first-order valence-electron chi connectivity index (χ1n) is 9.76. The van der Waals surface area contributed by atoms with Crippen LogP contribution in [-0.4, -0.2) is 13.0 Å². The molecule has 0 unspecified atom stereocenters. The smallest absolute Gasteiger partial charge is 0.769 e. The second-order valence-corrected chi connectivity index (χ2v) is 8.18. The molecule has 4 nitrogen and oxygen atoms in total. The Bertz CT molecular complexity index is 535. The van der Waals surface area contributed by atoms with Crippen molar-refractivity contribution in [1.29, 1.82) is 0 Å². The van der Waals surface area contributed by atoms with Gasteiger partial charge in [-0.2, -0.15) is 8.42 Å². The van der Waals surface area contributed by atoms with Crippen LogP contribution in [0.4, 0.5) is 0 Å².